The van der Waals surface area contributed by atoms with E-state index < -0.39 is 23.0 Å². The van der Waals surface area contributed by atoms with Crippen molar-refractivity contribution in [3.8, 4) is 11.5 Å². The van der Waals surface area contributed by atoms with Crippen molar-refractivity contribution in [3.05, 3.63) is 48.3 Å². The van der Waals surface area contributed by atoms with Crippen LogP contribution in [0.5, 0.6) is 11.5 Å². The standard InChI is InChI=1S/C14H10N4O4/c19-11-6-5-9(13(20)12(11)14(21)22)16-17-18-7-15-8-3-1-2-4-10(8)18/h1-7,19-20H,(H,21,22). The molecule has 0 unspecified atom stereocenters. The van der Waals surface area contributed by atoms with Crippen LogP contribution in [0.2, 0.25) is 0 Å². The number of aromatic nitrogens is 2. The van der Waals surface area contributed by atoms with Gasteiger partial charge in [-0.1, -0.05) is 17.4 Å². The fraction of sp³-hybridized carbons (Fsp3) is 0. The molecule has 22 heavy (non-hydrogen) atoms. The molecule has 0 saturated heterocycles. The van der Waals surface area contributed by atoms with Crippen molar-refractivity contribution in [2.24, 2.45) is 10.3 Å². The summed E-state index contributed by atoms with van der Waals surface area (Å²) in [4.78, 5) is 15.1. The average molecular weight is 298 g/mol. The number of nitrogens with zero attached hydrogens (tertiary/aromatic N) is 4. The van der Waals surface area contributed by atoms with Crippen LogP contribution in [0.1, 0.15) is 10.4 Å². The quantitative estimate of drug-likeness (QED) is 0.642. The summed E-state index contributed by atoms with van der Waals surface area (Å²) >= 11 is 0. The van der Waals surface area contributed by atoms with Gasteiger partial charge in [-0.15, -0.1) is 5.11 Å². The van der Waals surface area contributed by atoms with E-state index in [9.17, 15) is 15.0 Å². The number of fused-ring (bicyclic) bond motifs is 1. The minimum absolute atomic E-state index is 0.0759. The summed E-state index contributed by atoms with van der Waals surface area (Å²) in [6.07, 6.45) is 1.45. The van der Waals surface area contributed by atoms with Gasteiger partial charge in [0.2, 0.25) is 0 Å². The van der Waals surface area contributed by atoms with Crippen LogP contribution in [0, 0.1) is 0 Å². The van der Waals surface area contributed by atoms with Crippen LogP contribution in [0.4, 0.5) is 5.69 Å². The Morgan fingerprint density at radius 2 is 1.91 bits per heavy atom. The summed E-state index contributed by atoms with van der Waals surface area (Å²) in [6.45, 7) is 0. The van der Waals surface area contributed by atoms with Crippen molar-refractivity contribution in [2.45, 2.75) is 0 Å². The first kappa shape index (κ1) is 13.6. The molecule has 0 radical (unpaired) electrons. The number of hydrogen-bond donors (Lipinski definition) is 3. The molecule has 1 heterocycles. The zero-order valence-electron chi connectivity index (χ0n) is 11.1. The van der Waals surface area contributed by atoms with E-state index >= 15 is 0 Å². The van der Waals surface area contributed by atoms with E-state index in [4.69, 9.17) is 5.11 Å². The SMILES string of the molecule is O=C(O)c1c(O)ccc(N=Nn2cnc3ccccc32)c1O. The van der Waals surface area contributed by atoms with E-state index in [1.807, 2.05) is 18.2 Å². The van der Waals surface area contributed by atoms with Gasteiger partial charge in [-0.05, 0) is 24.3 Å². The number of imidazole rings is 1. The van der Waals surface area contributed by atoms with Gasteiger partial charge in [0.05, 0.1) is 11.0 Å². The minimum atomic E-state index is -1.46. The molecule has 0 aliphatic heterocycles. The monoisotopic (exact) mass is 298 g/mol. The second-order valence-electron chi connectivity index (χ2n) is 4.40. The molecule has 0 amide bonds. The fourth-order valence-electron chi connectivity index (χ4n) is 1.97. The van der Waals surface area contributed by atoms with Crippen LogP contribution in [-0.4, -0.2) is 30.9 Å². The first-order chi connectivity index (χ1) is 10.6. The Hall–Kier alpha value is -3.42. The molecule has 0 atom stereocenters. The number of carboxylic acids is 1. The first-order valence-electron chi connectivity index (χ1n) is 6.20. The van der Waals surface area contributed by atoms with Crippen LogP contribution < -0.4 is 0 Å². The number of rotatable bonds is 3. The van der Waals surface area contributed by atoms with E-state index in [-0.39, 0.29) is 5.69 Å². The third kappa shape index (κ3) is 2.22. The number of carbonyl (C=O) groups is 1. The molecule has 0 spiro atoms. The molecular weight excluding hydrogens is 288 g/mol. The Balaban J connectivity index is 2.03. The van der Waals surface area contributed by atoms with Crippen molar-refractivity contribution in [2.75, 3.05) is 0 Å². The van der Waals surface area contributed by atoms with Crippen molar-refractivity contribution < 1.29 is 20.1 Å². The normalized spacial score (nSPS) is 11.3. The van der Waals surface area contributed by atoms with E-state index in [2.05, 4.69) is 15.3 Å². The Bertz CT molecular complexity index is 901. The summed E-state index contributed by atoms with van der Waals surface area (Å²) in [5.74, 6) is -2.65. The summed E-state index contributed by atoms with van der Waals surface area (Å²) < 4.78 is 1.39. The molecule has 0 aliphatic carbocycles. The van der Waals surface area contributed by atoms with Gasteiger partial charge in [-0.3, -0.25) is 0 Å². The average Bonchev–Trinajstić information content (AvgIpc) is 2.89. The van der Waals surface area contributed by atoms with Gasteiger partial charge in [0.25, 0.3) is 0 Å². The number of carboxylic acid groups (broad SMARTS) is 1. The molecule has 2 aromatic carbocycles. The molecule has 110 valence electrons. The van der Waals surface area contributed by atoms with Crippen molar-refractivity contribution in [3.63, 3.8) is 0 Å². The van der Waals surface area contributed by atoms with Crippen molar-refractivity contribution >= 4 is 22.7 Å². The fourth-order valence-corrected chi connectivity index (χ4v) is 1.97. The van der Waals surface area contributed by atoms with Gasteiger partial charge in [-0.25, -0.2) is 14.5 Å². The van der Waals surface area contributed by atoms with Gasteiger partial charge < -0.3 is 15.3 Å². The molecule has 0 saturated carbocycles. The summed E-state index contributed by atoms with van der Waals surface area (Å²) in [6, 6.07) is 9.64. The molecule has 0 bridgehead atoms. The topological polar surface area (TPSA) is 120 Å². The Morgan fingerprint density at radius 3 is 2.68 bits per heavy atom. The second-order valence-corrected chi connectivity index (χ2v) is 4.40. The van der Waals surface area contributed by atoms with Crippen LogP contribution in [0.25, 0.3) is 11.0 Å². The highest BCUT2D eigenvalue weighted by Gasteiger charge is 2.18. The lowest BCUT2D eigenvalue weighted by atomic mass is 10.1. The first-order valence-corrected chi connectivity index (χ1v) is 6.20. The van der Waals surface area contributed by atoms with E-state index in [0.717, 1.165) is 11.6 Å². The largest absolute Gasteiger partial charge is 0.507 e. The summed E-state index contributed by atoms with van der Waals surface area (Å²) in [5.41, 5.74) is 0.741. The Morgan fingerprint density at radius 1 is 1.14 bits per heavy atom. The second kappa shape index (κ2) is 5.17. The number of aromatic carboxylic acids is 1. The van der Waals surface area contributed by atoms with Gasteiger partial charge in [0, 0.05) is 0 Å². The molecule has 8 nitrogen and oxygen atoms in total. The molecule has 0 aliphatic rings. The Kier molecular flexibility index (Phi) is 3.18. The van der Waals surface area contributed by atoms with Crippen LogP contribution in [0.3, 0.4) is 0 Å². The number of hydrogen-bond acceptors (Lipinski definition) is 6. The van der Waals surface area contributed by atoms with E-state index in [0.29, 0.717) is 5.52 Å². The minimum Gasteiger partial charge on any atom is -0.507 e. The molecule has 8 heteroatoms. The molecule has 3 rings (SSSR count). The maximum Gasteiger partial charge on any atom is 0.343 e. The van der Waals surface area contributed by atoms with Gasteiger partial charge in [-0.2, -0.15) is 0 Å². The maximum absolute atomic E-state index is 11.0. The van der Waals surface area contributed by atoms with Crippen LogP contribution in [0.15, 0.2) is 53.1 Å². The highest BCUT2D eigenvalue weighted by Crippen LogP contribution is 2.36. The zero-order valence-corrected chi connectivity index (χ0v) is 11.1. The van der Waals surface area contributed by atoms with Crippen molar-refractivity contribution in [1.82, 2.24) is 9.66 Å². The number of para-hydroxylation sites is 2. The number of benzene rings is 2. The summed E-state index contributed by atoms with van der Waals surface area (Å²) in [5, 5.41) is 36.0. The smallest absolute Gasteiger partial charge is 0.343 e. The lowest BCUT2D eigenvalue weighted by molar-refractivity contribution is 0.0690. The molecular formula is C14H10N4O4. The van der Waals surface area contributed by atoms with Gasteiger partial charge >= 0.3 is 5.97 Å². The van der Waals surface area contributed by atoms with Crippen molar-refractivity contribution in [1.29, 1.82) is 0 Å². The number of phenols is 2. The van der Waals surface area contributed by atoms with E-state index in [1.54, 1.807) is 6.07 Å². The zero-order chi connectivity index (χ0) is 15.7. The predicted octanol–water partition coefficient (Wildman–Crippen LogP) is 2.69. The maximum atomic E-state index is 11.0. The Labute approximate surface area is 123 Å². The third-order valence-electron chi connectivity index (χ3n) is 3.03. The third-order valence-corrected chi connectivity index (χ3v) is 3.03. The van der Waals surface area contributed by atoms with Crippen LogP contribution >= 0.6 is 0 Å². The van der Waals surface area contributed by atoms with E-state index in [1.165, 1.54) is 17.1 Å². The predicted molar refractivity (Wildman–Crippen MR) is 76.4 cm³/mol. The molecule has 0 fully saturated rings. The van der Waals surface area contributed by atoms with Gasteiger partial charge in [0.15, 0.2) is 5.75 Å². The highest BCUT2D eigenvalue weighted by molar-refractivity contribution is 5.95. The number of aromatic hydroxyl groups is 2. The lowest BCUT2D eigenvalue weighted by Gasteiger charge is -2.04. The highest BCUT2D eigenvalue weighted by atomic mass is 16.4. The lowest BCUT2D eigenvalue weighted by Crippen LogP contribution is -1.97. The molecule has 1 aromatic heterocycles. The molecule has 3 aromatic rings. The van der Waals surface area contributed by atoms with Gasteiger partial charge in [0.1, 0.15) is 23.3 Å². The summed E-state index contributed by atoms with van der Waals surface area (Å²) in [7, 11) is 0. The van der Waals surface area contributed by atoms with Crippen LogP contribution in [-0.2, 0) is 0 Å². The molecule has 3 N–H and O–H groups in total.